The van der Waals surface area contributed by atoms with Gasteiger partial charge in [0, 0.05) is 19.0 Å². The van der Waals surface area contributed by atoms with Gasteiger partial charge in [0.2, 0.25) is 0 Å². The van der Waals surface area contributed by atoms with E-state index in [1.807, 2.05) is 11.8 Å². The Morgan fingerprint density at radius 2 is 2.39 bits per heavy atom. The Kier molecular flexibility index (Phi) is 3.74. The third-order valence-electron chi connectivity index (χ3n) is 3.34. The number of hydrogen-bond donors (Lipinski definition) is 2. The van der Waals surface area contributed by atoms with Crippen molar-refractivity contribution in [3.05, 3.63) is 17.8 Å². The molecule has 1 saturated heterocycles. The number of hydrogen-bond acceptors (Lipinski definition) is 4. The van der Waals surface area contributed by atoms with Crippen molar-refractivity contribution < 1.29 is 4.39 Å². The van der Waals surface area contributed by atoms with E-state index < -0.39 is 0 Å². The van der Waals surface area contributed by atoms with Gasteiger partial charge < -0.3 is 10.6 Å². The summed E-state index contributed by atoms with van der Waals surface area (Å²) in [5.41, 5.74) is 5.97. The molecule has 0 saturated carbocycles. The summed E-state index contributed by atoms with van der Waals surface area (Å²) in [6, 6.07) is 0. The van der Waals surface area contributed by atoms with Gasteiger partial charge in [0.05, 0.1) is 11.5 Å². The van der Waals surface area contributed by atoms with E-state index in [1.165, 1.54) is 6.33 Å². The van der Waals surface area contributed by atoms with Crippen molar-refractivity contribution in [2.45, 2.75) is 26.2 Å². The summed E-state index contributed by atoms with van der Waals surface area (Å²) in [4.78, 5) is 9.83. The van der Waals surface area contributed by atoms with Crippen LogP contribution >= 0.6 is 0 Å². The van der Waals surface area contributed by atoms with Crippen LogP contribution in [0.4, 0.5) is 10.2 Å². The number of nitrogens with one attached hydrogen (secondary N) is 1. The van der Waals surface area contributed by atoms with Crippen LogP contribution in [-0.2, 0) is 6.42 Å². The van der Waals surface area contributed by atoms with Gasteiger partial charge in [0.1, 0.15) is 6.33 Å². The van der Waals surface area contributed by atoms with Gasteiger partial charge in [-0.15, -0.1) is 0 Å². The highest BCUT2D eigenvalue weighted by molar-refractivity contribution is 5.80. The largest absolute Gasteiger partial charge is 0.387 e. The van der Waals surface area contributed by atoms with Gasteiger partial charge >= 0.3 is 0 Å². The summed E-state index contributed by atoms with van der Waals surface area (Å²) in [7, 11) is 0. The summed E-state index contributed by atoms with van der Waals surface area (Å²) in [6.07, 6.45) is 3.73. The first-order chi connectivity index (χ1) is 8.63. The second-order valence-electron chi connectivity index (χ2n) is 4.55. The Hall–Kier alpha value is -1.72. The summed E-state index contributed by atoms with van der Waals surface area (Å²) < 4.78 is 14.1. The van der Waals surface area contributed by atoms with Gasteiger partial charge in [-0.3, -0.25) is 5.41 Å². The van der Waals surface area contributed by atoms with Gasteiger partial charge in [-0.05, 0) is 19.3 Å². The lowest BCUT2D eigenvalue weighted by molar-refractivity contribution is 0.487. The molecule has 0 spiro atoms. The summed E-state index contributed by atoms with van der Waals surface area (Å²) >= 11 is 0. The SMILES string of the molecule is CCc1ncnc(N2CCCC(C(=N)N)C2)c1F. The molecule has 0 amide bonds. The number of aryl methyl sites for hydroxylation is 1. The molecule has 1 aliphatic heterocycles. The van der Waals surface area contributed by atoms with Crippen LogP contribution < -0.4 is 10.6 Å². The smallest absolute Gasteiger partial charge is 0.187 e. The minimum atomic E-state index is -0.343. The van der Waals surface area contributed by atoms with E-state index in [0.29, 0.717) is 24.5 Å². The molecule has 1 atom stereocenters. The zero-order chi connectivity index (χ0) is 13.1. The third kappa shape index (κ3) is 2.42. The highest BCUT2D eigenvalue weighted by atomic mass is 19.1. The first-order valence-electron chi connectivity index (χ1n) is 6.21. The monoisotopic (exact) mass is 251 g/mol. The maximum absolute atomic E-state index is 14.1. The van der Waals surface area contributed by atoms with Crippen LogP contribution in [0, 0.1) is 17.1 Å². The molecule has 1 aliphatic rings. The summed E-state index contributed by atoms with van der Waals surface area (Å²) in [5.74, 6) is 0.167. The second kappa shape index (κ2) is 5.29. The first kappa shape index (κ1) is 12.7. The zero-order valence-corrected chi connectivity index (χ0v) is 10.5. The molecule has 5 nitrogen and oxygen atoms in total. The van der Waals surface area contributed by atoms with Gasteiger partial charge in [-0.2, -0.15) is 0 Å². The van der Waals surface area contributed by atoms with Crippen molar-refractivity contribution in [3.8, 4) is 0 Å². The normalized spacial score (nSPS) is 19.9. The number of nitrogens with zero attached hydrogens (tertiary/aromatic N) is 3. The number of amidine groups is 1. The van der Waals surface area contributed by atoms with E-state index in [4.69, 9.17) is 11.1 Å². The van der Waals surface area contributed by atoms with Gasteiger partial charge in [0.15, 0.2) is 11.6 Å². The van der Waals surface area contributed by atoms with E-state index in [-0.39, 0.29) is 17.6 Å². The predicted molar refractivity (Wildman–Crippen MR) is 68.2 cm³/mol. The zero-order valence-electron chi connectivity index (χ0n) is 10.5. The summed E-state index contributed by atoms with van der Waals surface area (Å²) in [5, 5.41) is 7.50. The molecule has 6 heteroatoms. The van der Waals surface area contributed by atoms with Crippen LogP contribution in [0.1, 0.15) is 25.5 Å². The lowest BCUT2D eigenvalue weighted by atomic mass is 9.97. The number of halogens is 1. The van der Waals surface area contributed by atoms with E-state index in [2.05, 4.69) is 9.97 Å². The fourth-order valence-electron chi connectivity index (χ4n) is 2.29. The molecule has 3 N–H and O–H groups in total. The Balaban J connectivity index is 2.23. The van der Waals surface area contributed by atoms with Crippen LogP contribution in [0.5, 0.6) is 0 Å². The van der Waals surface area contributed by atoms with E-state index in [1.54, 1.807) is 0 Å². The Morgan fingerprint density at radius 3 is 3.06 bits per heavy atom. The predicted octanol–water partition coefficient (Wildman–Crippen LogP) is 1.33. The van der Waals surface area contributed by atoms with Gasteiger partial charge in [0.25, 0.3) is 0 Å². The van der Waals surface area contributed by atoms with Crippen LogP contribution in [-0.4, -0.2) is 28.9 Å². The third-order valence-corrected chi connectivity index (χ3v) is 3.34. The molecule has 0 aromatic carbocycles. The van der Waals surface area contributed by atoms with Gasteiger partial charge in [-0.25, -0.2) is 14.4 Å². The number of rotatable bonds is 3. The fraction of sp³-hybridized carbons (Fsp3) is 0.583. The Bertz CT molecular complexity index is 448. The quantitative estimate of drug-likeness (QED) is 0.627. The average molecular weight is 251 g/mol. The van der Waals surface area contributed by atoms with Crippen molar-refractivity contribution in [1.82, 2.24) is 9.97 Å². The standard InChI is InChI=1S/C12H18FN5/c1-2-9-10(13)12(17-7-16-9)18-5-3-4-8(6-18)11(14)15/h7-8H,2-6H2,1H3,(H3,14,15). The fourth-order valence-corrected chi connectivity index (χ4v) is 2.29. The average Bonchev–Trinajstić information content (AvgIpc) is 2.39. The maximum Gasteiger partial charge on any atom is 0.187 e. The van der Waals surface area contributed by atoms with Crippen LogP contribution in [0.3, 0.4) is 0 Å². The van der Waals surface area contributed by atoms with E-state index in [9.17, 15) is 4.39 Å². The molecule has 2 rings (SSSR count). The molecule has 1 fully saturated rings. The van der Waals surface area contributed by atoms with Crippen LogP contribution in [0.25, 0.3) is 0 Å². The van der Waals surface area contributed by atoms with Crippen molar-refractivity contribution in [3.63, 3.8) is 0 Å². The van der Waals surface area contributed by atoms with Crippen molar-refractivity contribution >= 4 is 11.7 Å². The summed E-state index contributed by atoms with van der Waals surface area (Å²) in [6.45, 7) is 3.18. The Morgan fingerprint density at radius 1 is 1.61 bits per heavy atom. The minimum Gasteiger partial charge on any atom is -0.387 e. The van der Waals surface area contributed by atoms with E-state index >= 15 is 0 Å². The van der Waals surface area contributed by atoms with Crippen molar-refractivity contribution in [1.29, 1.82) is 5.41 Å². The number of anilines is 1. The molecular formula is C12H18FN5. The molecule has 0 aliphatic carbocycles. The Labute approximate surface area is 106 Å². The van der Waals surface area contributed by atoms with Crippen molar-refractivity contribution in [2.24, 2.45) is 11.7 Å². The lowest BCUT2D eigenvalue weighted by Crippen LogP contribution is -2.41. The molecule has 0 bridgehead atoms. The number of piperidine rings is 1. The van der Waals surface area contributed by atoms with Crippen molar-refractivity contribution in [2.75, 3.05) is 18.0 Å². The highest BCUT2D eigenvalue weighted by Gasteiger charge is 2.25. The highest BCUT2D eigenvalue weighted by Crippen LogP contribution is 2.24. The first-order valence-corrected chi connectivity index (χ1v) is 6.21. The molecular weight excluding hydrogens is 233 g/mol. The maximum atomic E-state index is 14.1. The number of aromatic nitrogens is 2. The minimum absolute atomic E-state index is 0.00167. The van der Waals surface area contributed by atoms with Crippen LogP contribution in [0.2, 0.25) is 0 Å². The molecule has 2 heterocycles. The molecule has 1 aromatic rings. The van der Waals surface area contributed by atoms with E-state index in [0.717, 1.165) is 19.4 Å². The molecule has 1 aromatic heterocycles. The molecule has 0 radical (unpaired) electrons. The van der Waals surface area contributed by atoms with Gasteiger partial charge in [-0.1, -0.05) is 6.92 Å². The number of nitrogens with two attached hydrogens (primary N) is 1. The second-order valence-corrected chi connectivity index (χ2v) is 4.55. The molecule has 98 valence electrons. The topological polar surface area (TPSA) is 78.9 Å². The molecule has 1 unspecified atom stereocenters. The molecule has 18 heavy (non-hydrogen) atoms. The van der Waals surface area contributed by atoms with Crippen LogP contribution in [0.15, 0.2) is 6.33 Å². The lowest BCUT2D eigenvalue weighted by Gasteiger charge is -2.33.